The summed E-state index contributed by atoms with van der Waals surface area (Å²) in [6.45, 7) is 0.226. The van der Waals surface area contributed by atoms with Gasteiger partial charge in [0.15, 0.2) is 5.78 Å². The van der Waals surface area contributed by atoms with Gasteiger partial charge in [0.1, 0.15) is 11.1 Å². The van der Waals surface area contributed by atoms with Gasteiger partial charge in [0.2, 0.25) is 0 Å². The third kappa shape index (κ3) is 1.44. The molecule has 1 saturated heterocycles. The fourth-order valence-electron chi connectivity index (χ4n) is 2.87. The zero-order valence-corrected chi connectivity index (χ0v) is 11.3. The summed E-state index contributed by atoms with van der Waals surface area (Å²) in [5.74, 6) is -0.821. The predicted octanol–water partition coefficient (Wildman–Crippen LogP) is 1.75. The predicted molar refractivity (Wildman–Crippen MR) is 76.0 cm³/mol. The van der Waals surface area contributed by atoms with E-state index in [1.54, 1.807) is 16.7 Å². The molecule has 5 heteroatoms. The molecular weight excluding hydrogens is 274 g/mol. The number of ketones is 1. The van der Waals surface area contributed by atoms with Crippen LogP contribution in [0.2, 0.25) is 0 Å². The molecule has 0 amide bonds. The zero-order chi connectivity index (χ0) is 13.9. The quantitative estimate of drug-likeness (QED) is 0.897. The van der Waals surface area contributed by atoms with E-state index in [-0.39, 0.29) is 23.0 Å². The lowest BCUT2D eigenvalue weighted by Gasteiger charge is -2.49. The summed E-state index contributed by atoms with van der Waals surface area (Å²) in [6.07, 6.45) is 1.94. The van der Waals surface area contributed by atoms with Crippen LogP contribution in [0.3, 0.4) is 0 Å². The Balaban J connectivity index is 1.79. The maximum absolute atomic E-state index is 11.7. The summed E-state index contributed by atoms with van der Waals surface area (Å²) in [7, 11) is 0. The van der Waals surface area contributed by atoms with E-state index in [0.717, 1.165) is 16.7 Å². The number of aliphatic carboxylic acids is 1. The summed E-state index contributed by atoms with van der Waals surface area (Å²) in [6, 6.07) is 9.90. The minimum absolute atomic E-state index is 0.00833. The van der Waals surface area contributed by atoms with E-state index in [1.165, 1.54) is 0 Å². The average Bonchev–Trinajstić information content (AvgIpc) is 2.41. The maximum Gasteiger partial charge on any atom is 0.352 e. The smallest absolute Gasteiger partial charge is 0.352 e. The first-order valence-electron chi connectivity index (χ1n) is 6.36. The molecule has 1 aliphatic carbocycles. The van der Waals surface area contributed by atoms with Crippen LogP contribution in [0.4, 0.5) is 0 Å². The van der Waals surface area contributed by atoms with Crippen molar-refractivity contribution in [3.63, 3.8) is 0 Å². The van der Waals surface area contributed by atoms with Crippen molar-refractivity contribution >= 4 is 29.1 Å². The number of nitrogens with zero attached hydrogens (tertiary/aromatic N) is 1. The monoisotopic (exact) mass is 285 g/mol. The van der Waals surface area contributed by atoms with E-state index in [2.05, 4.69) is 0 Å². The molecule has 2 atom stereocenters. The molecule has 1 aromatic carbocycles. The van der Waals surface area contributed by atoms with Gasteiger partial charge in [-0.05, 0) is 17.2 Å². The Morgan fingerprint density at radius 2 is 2.05 bits per heavy atom. The summed E-state index contributed by atoms with van der Waals surface area (Å²) in [5.41, 5.74) is 3.35. The lowest BCUT2D eigenvalue weighted by Crippen LogP contribution is -2.59. The molecule has 100 valence electrons. The van der Waals surface area contributed by atoms with Crippen LogP contribution in [0, 0.1) is 0 Å². The molecule has 3 aliphatic rings. The summed E-state index contributed by atoms with van der Waals surface area (Å²) < 4.78 is 0. The van der Waals surface area contributed by atoms with Gasteiger partial charge in [-0.2, -0.15) is 0 Å². The number of hydrogen-bond donors (Lipinski definition) is 1. The van der Waals surface area contributed by atoms with Gasteiger partial charge in [-0.1, -0.05) is 30.3 Å². The van der Waals surface area contributed by atoms with E-state index < -0.39 is 5.97 Å². The number of rotatable bonds is 2. The summed E-state index contributed by atoms with van der Waals surface area (Å²) in [5, 5.41) is 9.07. The molecule has 0 bridgehead atoms. The Hall–Kier alpha value is -2.01. The average molecular weight is 285 g/mol. The van der Waals surface area contributed by atoms with Crippen LogP contribution in [-0.4, -0.2) is 38.9 Å². The van der Waals surface area contributed by atoms with Gasteiger partial charge in [0, 0.05) is 5.57 Å². The maximum atomic E-state index is 11.7. The highest BCUT2D eigenvalue weighted by Gasteiger charge is 2.51. The lowest BCUT2D eigenvalue weighted by molar-refractivity contribution is -0.138. The van der Waals surface area contributed by atoms with Crippen molar-refractivity contribution in [2.24, 2.45) is 0 Å². The highest BCUT2D eigenvalue weighted by Crippen LogP contribution is 2.52. The van der Waals surface area contributed by atoms with E-state index in [0.29, 0.717) is 5.70 Å². The molecular formula is C15H11NO3S. The van der Waals surface area contributed by atoms with Crippen LogP contribution >= 0.6 is 11.8 Å². The van der Waals surface area contributed by atoms with Crippen LogP contribution in [0.15, 0.2) is 47.7 Å². The number of Topliss-reactive ketones (excluding diaryl/α,β-unsaturated/α-hetero) is 1. The molecule has 0 saturated carbocycles. The largest absolute Gasteiger partial charge is 0.477 e. The standard InChI is InChI=1S/C15H11NO3S/c17-11-7-16-12(15(18)19)10-6-9(13(10)20-14(11)16)8-4-2-1-3-5-8/h1-6,13-14H,7H2,(H,18,19). The Bertz CT molecular complexity index is 692. The number of allylic oxidation sites excluding steroid dienone is 1. The Labute approximate surface area is 119 Å². The Morgan fingerprint density at radius 3 is 2.70 bits per heavy atom. The van der Waals surface area contributed by atoms with E-state index in [4.69, 9.17) is 0 Å². The molecule has 4 rings (SSSR count). The Kier molecular flexibility index (Phi) is 2.35. The molecule has 0 aromatic heterocycles. The first-order chi connectivity index (χ1) is 9.66. The van der Waals surface area contributed by atoms with Gasteiger partial charge in [0.05, 0.1) is 11.8 Å². The van der Waals surface area contributed by atoms with Crippen molar-refractivity contribution in [1.82, 2.24) is 4.90 Å². The van der Waals surface area contributed by atoms with E-state index in [9.17, 15) is 14.7 Å². The van der Waals surface area contributed by atoms with Crippen molar-refractivity contribution in [3.05, 3.63) is 53.2 Å². The second kappa shape index (κ2) is 3.99. The van der Waals surface area contributed by atoms with Gasteiger partial charge in [0.25, 0.3) is 0 Å². The van der Waals surface area contributed by atoms with Crippen LogP contribution in [0.5, 0.6) is 0 Å². The fraction of sp³-hybridized carbons (Fsp3) is 0.200. The number of carboxylic acids is 1. The molecule has 2 heterocycles. The number of fused-ring (bicyclic) bond motifs is 2. The third-order valence-electron chi connectivity index (χ3n) is 3.90. The lowest BCUT2D eigenvalue weighted by atomic mass is 9.84. The van der Waals surface area contributed by atoms with Gasteiger partial charge in [-0.3, -0.25) is 4.79 Å². The van der Waals surface area contributed by atoms with E-state index in [1.807, 2.05) is 36.4 Å². The van der Waals surface area contributed by atoms with Crippen LogP contribution < -0.4 is 0 Å². The van der Waals surface area contributed by atoms with Crippen molar-refractivity contribution < 1.29 is 14.7 Å². The molecule has 2 unspecified atom stereocenters. The van der Waals surface area contributed by atoms with Gasteiger partial charge in [-0.25, -0.2) is 4.79 Å². The molecule has 1 aromatic rings. The first kappa shape index (κ1) is 11.8. The number of thioether (sulfide) groups is 1. The van der Waals surface area contributed by atoms with Crippen molar-refractivity contribution in [2.45, 2.75) is 10.6 Å². The molecule has 0 spiro atoms. The van der Waals surface area contributed by atoms with E-state index >= 15 is 0 Å². The first-order valence-corrected chi connectivity index (χ1v) is 7.30. The molecule has 0 radical (unpaired) electrons. The highest BCUT2D eigenvalue weighted by atomic mass is 32.2. The number of hydrogen-bond acceptors (Lipinski definition) is 4. The third-order valence-corrected chi connectivity index (χ3v) is 5.45. The second-order valence-corrected chi connectivity index (χ2v) is 6.23. The van der Waals surface area contributed by atoms with Crippen LogP contribution in [0.25, 0.3) is 5.57 Å². The number of carboxylic acid groups (broad SMARTS) is 1. The topological polar surface area (TPSA) is 57.6 Å². The molecule has 1 N–H and O–H groups in total. The van der Waals surface area contributed by atoms with Crippen molar-refractivity contribution in [2.75, 3.05) is 6.54 Å². The summed E-state index contributed by atoms with van der Waals surface area (Å²) >= 11 is 1.55. The molecule has 4 nitrogen and oxygen atoms in total. The fourth-order valence-corrected chi connectivity index (χ4v) is 4.36. The second-order valence-electron chi connectivity index (χ2n) is 5.04. The summed E-state index contributed by atoms with van der Waals surface area (Å²) in [4.78, 5) is 24.8. The highest BCUT2D eigenvalue weighted by molar-refractivity contribution is 8.02. The van der Waals surface area contributed by atoms with Crippen molar-refractivity contribution in [3.8, 4) is 0 Å². The molecule has 1 fully saturated rings. The number of carbonyl (C=O) groups excluding carboxylic acids is 1. The number of carbonyl (C=O) groups is 2. The Morgan fingerprint density at radius 1 is 1.30 bits per heavy atom. The van der Waals surface area contributed by atoms with Gasteiger partial charge >= 0.3 is 5.97 Å². The minimum Gasteiger partial charge on any atom is -0.477 e. The van der Waals surface area contributed by atoms with Crippen LogP contribution in [-0.2, 0) is 9.59 Å². The van der Waals surface area contributed by atoms with Crippen LogP contribution in [0.1, 0.15) is 5.56 Å². The normalized spacial score (nSPS) is 27.1. The van der Waals surface area contributed by atoms with Crippen molar-refractivity contribution in [1.29, 1.82) is 0 Å². The molecule has 20 heavy (non-hydrogen) atoms. The zero-order valence-electron chi connectivity index (χ0n) is 10.4. The minimum atomic E-state index is -0.939. The van der Waals surface area contributed by atoms with Gasteiger partial charge < -0.3 is 10.0 Å². The molecule has 2 aliphatic heterocycles. The SMILES string of the molecule is O=C(O)C1=C2C=C(c3ccccc3)C2SC2C(=O)CN12. The number of benzene rings is 1. The van der Waals surface area contributed by atoms with Gasteiger partial charge in [-0.15, -0.1) is 11.8 Å².